The average Bonchev–Trinajstić information content (AvgIpc) is 2.69. The van der Waals surface area contributed by atoms with Crippen molar-refractivity contribution in [3.8, 4) is 0 Å². The zero-order chi connectivity index (χ0) is 12.4. The Bertz CT molecular complexity index is 567. The molecule has 2 rings (SSSR count). The number of halogens is 2. The molecular formula is C12H9ClFNOS. The molecule has 0 spiro atoms. The van der Waals surface area contributed by atoms with Gasteiger partial charge < -0.3 is 5.32 Å². The molecule has 0 fully saturated rings. The number of amides is 1. The summed E-state index contributed by atoms with van der Waals surface area (Å²) in [5, 5.41) is 2.50. The van der Waals surface area contributed by atoms with Gasteiger partial charge in [0, 0.05) is 0 Å². The number of anilines is 1. The molecule has 2 nitrogen and oxygen atoms in total. The van der Waals surface area contributed by atoms with E-state index in [4.69, 9.17) is 11.6 Å². The fourth-order valence-electron chi connectivity index (χ4n) is 1.34. The highest BCUT2D eigenvalue weighted by Crippen LogP contribution is 2.23. The highest BCUT2D eigenvalue weighted by molar-refractivity contribution is 7.18. The first-order valence-corrected chi connectivity index (χ1v) is 6.08. The van der Waals surface area contributed by atoms with Crippen LogP contribution in [0, 0.1) is 12.7 Å². The Labute approximate surface area is 107 Å². The van der Waals surface area contributed by atoms with Crippen LogP contribution in [-0.2, 0) is 0 Å². The van der Waals surface area contributed by atoms with Crippen LogP contribution in [0.1, 0.15) is 15.2 Å². The lowest BCUT2D eigenvalue weighted by Crippen LogP contribution is -2.11. The molecule has 0 unspecified atom stereocenters. The van der Waals surface area contributed by atoms with Gasteiger partial charge in [0.05, 0.1) is 14.9 Å². The smallest absolute Gasteiger partial charge is 0.265 e. The van der Waals surface area contributed by atoms with E-state index in [0.717, 1.165) is 16.9 Å². The first kappa shape index (κ1) is 12.1. The molecule has 1 N–H and O–H groups in total. The predicted molar refractivity (Wildman–Crippen MR) is 68.4 cm³/mol. The summed E-state index contributed by atoms with van der Waals surface area (Å²) < 4.78 is 14.0. The molecule has 88 valence electrons. The zero-order valence-corrected chi connectivity index (χ0v) is 10.5. The summed E-state index contributed by atoms with van der Waals surface area (Å²) in [6.45, 7) is 1.79. The van der Waals surface area contributed by atoms with Gasteiger partial charge in [-0.05, 0) is 36.8 Å². The molecule has 0 saturated carbocycles. The molecule has 1 heterocycles. The molecule has 0 aliphatic heterocycles. The lowest BCUT2D eigenvalue weighted by Gasteiger charge is -2.05. The second-order valence-corrected chi connectivity index (χ2v) is 5.26. The molecular weight excluding hydrogens is 261 g/mol. The van der Waals surface area contributed by atoms with Crippen LogP contribution in [0.15, 0.2) is 30.3 Å². The first-order valence-electron chi connectivity index (χ1n) is 4.89. The number of nitrogens with one attached hydrogen (secondary N) is 1. The molecule has 2 aromatic rings. The third-order valence-electron chi connectivity index (χ3n) is 2.17. The van der Waals surface area contributed by atoms with Crippen molar-refractivity contribution in [2.45, 2.75) is 6.92 Å². The number of aryl methyl sites for hydroxylation is 1. The largest absolute Gasteiger partial charge is 0.319 e. The Hall–Kier alpha value is -1.39. The Morgan fingerprint density at radius 3 is 2.71 bits per heavy atom. The van der Waals surface area contributed by atoms with Gasteiger partial charge >= 0.3 is 0 Å². The fraction of sp³-hybridized carbons (Fsp3) is 0.0833. The summed E-state index contributed by atoms with van der Waals surface area (Å²) in [7, 11) is 0. The van der Waals surface area contributed by atoms with Crippen molar-refractivity contribution in [1.82, 2.24) is 0 Å². The number of carbonyl (C=O) groups is 1. The monoisotopic (exact) mass is 269 g/mol. The molecule has 5 heteroatoms. The summed E-state index contributed by atoms with van der Waals surface area (Å²) in [6.07, 6.45) is 0. The Kier molecular flexibility index (Phi) is 3.45. The molecule has 0 aliphatic rings. The fourth-order valence-corrected chi connectivity index (χ4v) is 2.28. The average molecular weight is 270 g/mol. The molecule has 0 aliphatic carbocycles. The van der Waals surface area contributed by atoms with E-state index in [1.807, 2.05) is 0 Å². The highest BCUT2D eigenvalue weighted by Gasteiger charge is 2.11. The third-order valence-corrected chi connectivity index (χ3v) is 3.40. The van der Waals surface area contributed by atoms with Crippen LogP contribution in [0.5, 0.6) is 0 Å². The van der Waals surface area contributed by atoms with Crippen molar-refractivity contribution in [3.05, 3.63) is 50.9 Å². The van der Waals surface area contributed by atoms with E-state index < -0.39 is 5.82 Å². The SMILES string of the molecule is Cc1ccc(NC(=O)c2ccc(Cl)s2)c(F)c1. The van der Waals surface area contributed by atoms with Crippen molar-refractivity contribution in [2.24, 2.45) is 0 Å². The second-order valence-electron chi connectivity index (χ2n) is 3.54. The molecule has 0 radical (unpaired) electrons. The molecule has 1 aromatic carbocycles. The standard InChI is InChI=1S/C12H9ClFNOS/c1-7-2-3-9(8(14)6-7)15-12(16)10-4-5-11(13)17-10/h2-6H,1H3,(H,15,16). The number of thiophene rings is 1. The van der Waals surface area contributed by atoms with E-state index in [-0.39, 0.29) is 11.6 Å². The van der Waals surface area contributed by atoms with Gasteiger partial charge in [-0.25, -0.2) is 4.39 Å². The molecule has 0 atom stereocenters. The summed E-state index contributed by atoms with van der Waals surface area (Å²) in [5.74, 6) is -0.800. The van der Waals surface area contributed by atoms with Crippen molar-refractivity contribution in [1.29, 1.82) is 0 Å². The van der Waals surface area contributed by atoms with E-state index >= 15 is 0 Å². The van der Waals surface area contributed by atoms with Gasteiger partial charge in [0.25, 0.3) is 5.91 Å². The summed E-state index contributed by atoms with van der Waals surface area (Å²) in [6, 6.07) is 7.88. The predicted octanol–water partition coefficient (Wildman–Crippen LogP) is 4.10. The van der Waals surface area contributed by atoms with E-state index in [1.165, 1.54) is 12.1 Å². The highest BCUT2D eigenvalue weighted by atomic mass is 35.5. The van der Waals surface area contributed by atoms with Gasteiger partial charge in [0.15, 0.2) is 0 Å². The van der Waals surface area contributed by atoms with Crippen LogP contribution in [0.3, 0.4) is 0 Å². The molecule has 1 amide bonds. The van der Waals surface area contributed by atoms with Crippen LogP contribution in [0.4, 0.5) is 10.1 Å². The van der Waals surface area contributed by atoms with Crippen molar-refractivity contribution in [3.63, 3.8) is 0 Å². The van der Waals surface area contributed by atoms with Gasteiger partial charge in [-0.2, -0.15) is 0 Å². The Balaban J connectivity index is 2.18. The van der Waals surface area contributed by atoms with Crippen LogP contribution in [-0.4, -0.2) is 5.91 Å². The number of hydrogen-bond acceptors (Lipinski definition) is 2. The number of rotatable bonds is 2. The zero-order valence-electron chi connectivity index (χ0n) is 8.96. The van der Waals surface area contributed by atoms with Crippen molar-refractivity contribution in [2.75, 3.05) is 5.32 Å². The Morgan fingerprint density at radius 1 is 1.35 bits per heavy atom. The van der Waals surface area contributed by atoms with Gasteiger partial charge in [-0.15, -0.1) is 11.3 Å². The molecule has 0 saturated heterocycles. The van der Waals surface area contributed by atoms with Crippen LogP contribution in [0.25, 0.3) is 0 Å². The van der Waals surface area contributed by atoms with Crippen molar-refractivity contribution < 1.29 is 9.18 Å². The summed E-state index contributed by atoms with van der Waals surface area (Å²) >= 11 is 6.88. The van der Waals surface area contributed by atoms with E-state index in [9.17, 15) is 9.18 Å². The van der Waals surface area contributed by atoms with Crippen LogP contribution in [0.2, 0.25) is 4.34 Å². The van der Waals surface area contributed by atoms with Gasteiger partial charge in [0.2, 0.25) is 0 Å². The Morgan fingerprint density at radius 2 is 2.12 bits per heavy atom. The molecule has 1 aromatic heterocycles. The minimum absolute atomic E-state index is 0.171. The van der Waals surface area contributed by atoms with Gasteiger partial charge in [0.1, 0.15) is 5.82 Å². The lowest BCUT2D eigenvalue weighted by atomic mass is 10.2. The maximum Gasteiger partial charge on any atom is 0.265 e. The van der Waals surface area contributed by atoms with Gasteiger partial charge in [-0.3, -0.25) is 4.79 Å². The third kappa shape index (κ3) is 2.84. The van der Waals surface area contributed by atoms with E-state index in [1.54, 1.807) is 25.1 Å². The number of carbonyl (C=O) groups excluding carboxylic acids is 1. The first-order chi connectivity index (χ1) is 8.06. The second kappa shape index (κ2) is 4.85. The minimum Gasteiger partial charge on any atom is -0.319 e. The maximum absolute atomic E-state index is 13.5. The molecule has 17 heavy (non-hydrogen) atoms. The van der Waals surface area contributed by atoms with E-state index in [0.29, 0.717) is 9.21 Å². The maximum atomic E-state index is 13.5. The van der Waals surface area contributed by atoms with Gasteiger partial charge in [-0.1, -0.05) is 17.7 Å². The quantitative estimate of drug-likeness (QED) is 0.874. The van der Waals surface area contributed by atoms with E-state index in [2.05, 4.69) is 5.32 Å². The number of hydrogen-bond donors (Lipinski definition) is 1. The minimum atomic E-state index is -0.444. The molecule has 0 bridgehead atoms. The van der Waals surface area contributed by atoms with Crippen molar-refractivity contribution >= 4 is 34.5 Å². The summed E-state index contributed by atoms with van der Waals surface area (Å²) in [4.78, 5) is 12.2. The number of benzene rings is 1. The van der Waals surface area contributed by atoms with Crippen LogP contribution < -0.4 is 5.32 Å². The lowest BCUT2D eigenvalue weighted by molar-refractivity contribution is 0.103. The normalized spacial score (nSPS) is 10.3. The topological polar surface area (TPSA) is 29.1 Å². The van der Waals surface area contributed by atoms with Crippen LogP contribution >= 0.6 is 22.9 Å². The summed E-state index contributed by atoms with van der Waals surface area (Å²) in [5.41, 5.74) is 0.977.